The summed E-state index contributed by atoms with van der Waals surface area (Å²) in [5.74, 6) is 7.51. The van der Waals surface area contributed by atoms with E-state index in [-0.39, 0.29) is 47.8 Å². The van der Waals surface area contributed by atoms with Crippen molar-refractivity contribution in [2.24, 2.45) is 11.8 Å². The first-order valence-corrected chi connectivity index (χ1v) is 21.8. The summed E-state index contributed by atoms with van der Waals surface area (Å²) in [5.41, 5.74) is 3.29. The average Bonchev–Trinajstić information content (AvgIpc) is 4.13. The van der Waals surface area contributed by atoms with Gasteiger partial charge >= 0.3 is 12.2 Å². The zero-order chi connectivity index (χ0) is 43.3. The van der Waals surface area contributed by atoms with Gasteiger partial charge in [0.25, 0.3) is 0 Å². The Balaban J connectivity index is 0.949. The molecule has 2 aromatic heterocycles. The van der Waals surface area contributed by atoms with Crippen molar-refractivity contribution in [2.75, 3.05) is 40.6 Å². The number of hydrogen-bond acceptors (Lipinski definition) is 10. The van der Waals surface area contributed by atoms with E-state index in [4.69, 9.17) is 23.9 Å². The number of aromatic nitrogens is 4. The Labute approximate surface area is 361 Å². The normalized spacial score (nSPS) is 23.0. The standard InChI is InChI=1S/C46H56N8O8/c1-27-5-13-37(53(27)43(55)39(51-45(57)59-3)30-15-19-61-20-16-30)41-47-25-35(49-41)12-8-29-7-9-33-24-34(11-10-32(33)23-29)36-26-48-42(50-36)38-14-6-28(2)54(38)44(56)40(52-46(58)60-4)31-17-21-62-22-18-31/h7,9-11,23-28,30-31,37-40H,5-6,13-22H2,1-4H3,(H,47,49)(H,48,50)(H,51,57)(H,52,58)/t27?,28-,37-,38-,39-,40-/m0/s1. The van der Waals surface area contributed by atoms with Crippen LogP contribution < -0.4 is 10.6 Å². The highest BCUT2D eigenvalue weighted by molar-refractivity contribution is 5.89. The zero-order valence-electron chi connectivity index (χ0n) is 35.8. The van der Waals surface area contributed by atoms with Crippen LogP contribution in [0, 0.1) is 23.7 Å². The van der Waals surface area contributed by atoms with E-state index in [0.717, 1.165) is 53.3 Å². The van der Waals surface area contributed by atoms with Crippen molar-refractivity contribution in [1.29, 1.82) is 0 Å². The van der Waals surface area contributed by atoms with Gasteiger partial charge in [0.1, 0.15) is 29.4 Å². The lowest BCUT2D eigenvalue weighted by atomic mass is 9.90. The third-order valence-corrected chi connectivity index (χ3v) is 13.1. The fourth-order valence-electron chi connectivity index (χ4n) is 9.65. The number of fused-ring (bicyclic) bond motifs is 1. The number of amides is 4. The van der Waals surface area contributed by atoms with Crippen molar-refractivity contribution in [3.05, 3.63) is 71.7 Å². The van der Waals surface area contributed by atoms with Gasteiger partial charge in [-0.2, -0.15) is 0 Å². The van der Waals surface area contributed by atoms with E-state index in [1.54, 1.807) is 6.20 Å². The van der Waals surface area contributed by atoms with Gasteiger partial charge in [-0.3, -0.25) is 9.59 Å². The molecule has 2 aromatic carbocycles. The highest BCUT2D eigenvalue weighted by Crippen LogP contribution is 2.39. The van der Waals surface area contributed by atoms with Crippen molar-refractivity contribution in [3.63, 3.8) is 0 Å². The van der Waals surface area contributed by atoms with Crippen LogP contribution in [0.15, 0.2) is 48.8 Å². The molecule has 0 saturated carbocycles. The number of benzene rings is 2. The second-order valence-electron chi connectivity index (χ2n) is 16.9. The van der Waals surface area contributed by atoms with Crippen LogP contribution in [0.25, 0.3) is 22.0 Å². The zero-order valence-corrected chi connectivity index (χ0v) is 35.8. The Bertz CT molecular complexity index is 2320. The van der Waals surface area contributed by atoms with E-state index in [1.165, 1.54) is 14.2 Å². The lowest BCUT2D eigenvalue weighted by molar-refractivity contribution is -0.139. The van der Waals surface area contributed by atoms with E-state index in [0.29, 0.717) is 69.5 Å². The van der Waals surface area contributed by atoms with Crippen LogP contribution in [0.1, 0.15) is 100 Å². The quantitative estimate of drug-likeness (QED) is 0.151. The molecule has 4 aromatic rings. The molecular formula is C46H56N8O8. The molecule has 62 heavy (non-hydrogen) atoms. The first kappa shape index (κ1) is 42.8. The van der Waals surface area contributed by atoms with Gasteiger partial charge in [0, 0.05) is 49.6 Å². The minimum atomic E-state index is -0.715. The first-order chi connectivity index (χ1) is 30.1. The van der Waals surface area contributed by atoms with Crippen LogP contribution in [-0.4, -0.2) is 119 Å². The molecule has 4 aliphatic heterocycles. The highest BCUT2D eigenvalue weighted by Gasteiger charge is 2.44. The predicted molar refractivity (Wildman–Crippen MR) is 228 cm³/mol. The number of carbonyl (C=O) groups is 4. The van der Waals surface area contributed by atoms with E-state index in [9.17, 15) is 19.2 Å². The molecule has 8 rings (SSSR count). The number of imidazole rings is 2. The Morgan fingerprint density at radius 2 is 1.19 bits per heavy atom. The number of rotatable bonds is 9. The number of hydrogen-bond donors (Lipinski definition) is 4. The van der Waals surface area contributed by atoms with E-state index in [2.05, 4.69) is 49.6 Å². The number of ether oxygens (including phenoxy) is 4. The van der Waals surface area contributed by atoms with Crippen LogP contribution in [0.2, 0.25) is 0 Å². The molecule has 0 bridgehead atoms. The van der Waals surface area contributed by atoms with Gasteiger partial charge in [0.2, 0.25) is 11.8 Å². The fraction of sp³-hybridized carbons (Fsp3) is 0.522. The smallest absolute Gasteiger partial charge is 0.407 e. The third-order valence-electron chi connectivity index (χ3n) is 13.1. The van der Waals surface area contributed by atoms with Gasteiger partial charge in [0.05, 0.1) is 44.4 Å². The molecule has 0 radical (unpaired) electrons. The predicted octanol–water partition coefficient (Wildman–Crippen LogP) is 5.76. The summed E-state index contributed by atoms with van der Waals surface area (Å²) < 4.78 is 20.8. The SMILES string of the molecule is COC(=O)N[C@H](C(=O)N1C(C)CC[C@H]1c1ncc(C#Cc2ccc3cc(-c4cnc([C@@H]5CC[C@H](C)N5C(=O)[C@@H](NC(=O)OC)C5CCOCC5)[nH]4)ccc3c2)[nH]1)C1CCOCC1. The summed E-state index contributed by atoms with van der Waals surface area (Å²) >= 11 is 0. The molecule has 6 atom stereocenters. The average molecular weight is 849 g/mol. The van der Waals surface area contributed by atoms with E-state index < -0.39 is 24.3 Å². The van der Waals surface area contributed by atoms with Crippen LogP contribution in [0.4, 0.5) is 9.59 Å². The molecule has 1 unspecified atom stereocenters. The Kier molecular flexibility index (Phi) is 13.1. The van der Waals surface area contributed by atoms with E-state index >= 15 is 0 Å². The molecule has 16 heteroatoms. The van der Waals surface area contributed by atoms with Gasteiger partial charge in [-0.05, 0) is 112 Å². The van der Waals surface area contributed by atoms with Crippen molar-refractivity contribution in [3.8, 4) is 23.1 Å². The molecule has 16 nitrogen and oxygen atoms in total. The largest absolute Gasteiger partial charge is 0.453 e. The summed E-state index contributed by atoms with van der Waals surface area (Å²) in [7, 11) is 2.61. The van der Waals surface area contributed by atoms with Gasteiger partial charge in [-0.25, -0.2) is 19.6 Å². The minimum absolute atomic E-state index is 0.0215. The number of H-pyrrole nitrogens is 2. The maximum Gasteiger partial charge on any atom is 0.407 e. The third kappa shape index (κ3) is 9.14. The van der Waals surface area contributed by atoms with Gasteiger partial charge in [-0.1, -0.05) is 24.1 Å². The molecule has 6 heterocycles. The highest BCUT2D eigenvalue weighted by atomic mass is 16.5. The monoisotopic (exact) mass is 848 g/mol. The van der Waals surface area contributed by atoms with Crippen LogP contribution >= 0.6 is 0 Å². The Hall–Kier alpha value is -5.92. The van der Waals surface area contributed by atoms with Crippen molar-refractivity contribution < 1.29 is 38.1 Å². The first-order valence-electron chi connectivity index (χ1n) is 21.8. The molecule has 4 saturated heterocycles. The summed E-state index contributed by atoms with van der Waals surface area (Å²) in [6.07, 6.45) is 8.12. The Morgan fingerprint density at radius 1 is 0.677 bits per heavy atom. The summed E-state index contributed by atoms with van der Waals surface area (Å²) in [4.78, 5) is 73.0. The van der Waals surface area contributed by atoms with Gasteiger partial charge < -0.3 is 49.3 Å². The second-order valence-corrected chi connectivity index (χ2v) is 16.9. The Morgan fingerprint density at radius 3 is 1.76 bits per heavy atom. The van der Waals surface area contributed by atoms with Crippen LogP contribution in [0.3, 0.4) is 0 Å². The fourth-order valence-corrected chi connectivity index (χ4v) is 9.65. The van der Waals surface area contributed by atoms with Crippen LogP contribution in [0.5, 0.6) is 0 Å². The summed E-state index contributed by atoms with van der Waals surface area (Å²) in [6, 6.07) is 10.3. The molecular weight excluding hydrogens is 793 g/mol. The lowest BCUT2D eigenvalue weighted by Gasteiger charge is -2.36. The number of aromatic amines is 2. The summed E-state index contributed by atoms with van der Waals surface area (Å²) in [5, 5.41) is 7.71. The summed E-state index contributed by atoms with van der Waals surface area (Å²) in [6.45, 7) is 6.27. The van der Waals surface area contributed by atoms with Crippen molar-refractivity contribution >= 4 is 34.8 Å². The molecule has 4 aliphatic rings. The molecule has 328 valence electrons. The maximum absolute atomic E-state index is 14.2. The van der Waals surface area contributed by atoms with Crippen molar-refractivity contribution in [1.82, 2.24) is 40.4 Å². The van der Waals surface area contributed by atoms with Crippen molar-refractivity contribution in [2.45, 2.75) is 101 Å². The molecule has 4 amide bonds. The van der Waals surface area contributed by atoms with E-state index in [1.807, 2.05) is 54.1 Å². The molecule has 0 aliphatic carbocycles. The van der Waals surface area contributed by atoms with Gasteiger partial charge in [0.15, 0.2) is 0 Å². The molecule has 0 spiro atoms. The molecule has 4 fully saturated rings. The topological polar surface area (TPSA) is 193 Å². The number of carbonyl (C=O) groups excluding carboxylic acids is 4. The number of methoxy groups -OCH3 is 2. The molecule has 4 N–H and O–H groups in total. The van der Waals surface area contributed by atoms with Crippen LogP contribution in [-0.2, 0) is 28.5 Å². The lowest BCUT2D eigenvalue weighted by Crippen LogP contribution is -2.54. The number of alkyl carbamates (subject to hydrolysis) is 2. The second kappa shape index (κ2) is 19.0. The number of nitrogens with one attached hydrogen (secondary N) is 4. The minimum Gasteiger partial charge on any atom is -0.453 e. The maximum atomic E-state index is 14.2. The van der Waals surface area contributed by atoms with Gasteiger partial charge in [-0.15, -0.1) is 0 Å². The number of likely N-dealkylation sites (tertiary alicyclic amines) is 2. The number of nitrogens with zero attached hydrogens (tertiary/aromatic N) is 4.